The van der Waals surface area contributed by atoms with Crippen LogP contribution in [0.5, 0.6) is 0 Å². The minimum atomic E-state index is -3.02. The SMILES string of the molecule is CN1/C(=C\C(=O)COC(=O)CC2CCS(=O)(=O)C2)C(C)(C)c2ccccc21. The van der Waals surface area contributed by atoms with Gasteiger partial charge in [-0.3, -0.25) is 9.59 Å². The van der Waals surface area contributed by atoms with Gasteiger partial charge in [-0.1, -0.05) is 32.0 Å². The van der Waals surface area contributed by atoms with E-state index in [4.69, 9.17) is 4.74 Å². The molecule has 1 fully saturated rings. The third kappa shape index (κ3) is 4.08. The van der Waals surface area contributed by atoms with E-state index in [0.717, 1.165) is 16.9 Å². The minimum Gasteiger partial charge on any atom is -0.457 e. The van der Waals surface area contributed by atoms with Crippen LogP contribution >= 0.6 is 0 Å². The number of carbonyl (C=O) groups excluding carboxylic acids is 2. The van der Waals surface area contributed by atoms with Gasteiger partial charge in [-0.25, -0.2) is 8.42 Å². The van der Waals surface area contributed by atoms with Crippen LogP contribution in [0.25, 0.3) is 0 Å². The number of rotatable bonds is 5. The first-order valence-corrected chi connectivity index (χ1v) is 10.9. The summed E-state index contributed by atoms with van der Waals surface area (Å²) in [5.74, 6) is -0.864. The van der Waals surface area contributed by atoms with Gasteiger partial charge in [-0.2, -0.15) is 0 Å². The van der Waals surface area contributed by atoms with Gasteiger partial charge in [0.1, 0.15) is 0 Å². The highest BCUT2D eigenvalue weighted by atomic mass is 32.2. The summed E-state index contributed by atoms with van der Waals surface area (Å²) >= 11 is 0. The molecule has 2 aliphatic rings. The molecule has 146 valence electrons. The number of hydrogen-bond acceptors (Lipinski definition) is 6. The molecule has 3 rings (SSSR count). The van der Waals surface area contributed by atoms with Crippen LogP contribution in [0, 0.1) is 5.92 Å². The van der Waals surface area contributed by atoms with Crippen molar-refractivity contribution in [3.8, 4) is 0 Å². The Balaban J connectivity index is 1.60. The molecule has 0 spiro atoms. The molecular formula is C20H25NO5S. The number of anilines is 1. The average Bonchev–Trinajstić information content (AvgIpc) is 3.03. The Morgan fingerprint density at radius 2 is 2.00 bits per heavy atom. The van der Waals surface area contributed by atoms with E-state index in [2.05, 4.69) is 13.8 Å². The van der Waals surface area contributed by atoms with Crippen LogP contribution in [0.15, 0.2) is 36.0 Å². The molecule has 0 aliphatic carbocycles. The summed E-state index contributed by atoms with van der Waals surface area (Å²) in [6, 6.07) is 8.00. The van der Waals surface area contributed by atoms with Crippen LogP contribution < -0.4 is 4.90 Å². The number of carbonyl (C=O) groups is 2. The maximum Gasteiger partial charge on any atom is 0.306 e. The fourth-order valence-corrected chi connectivity index (χ4v) is 5.79. The van der Waals surface area contributed by atoms with Crippen molar-refractivity contribution >= 4 is 27.3 Å². The average molecular weight is 391 g/mol. The Bertz CT molecular complexity index is 901. The number of esters is 1. The molecule has 1 aromatic rings. The van der Waals surface area contributed by atoms with E-state index in [1.165, 1.54) is 6.08 Å². The Morgan fingerprint density at radius 1 is 1.30 bits per heavy atom. The lowest BCUT2D eigenvalue weighted by molar-refractivity contribution is -0.147. The summed E-state index contributed by atoms with van der Waals surface area (Å²) in [5.41, 5.74) is 2.74. The summed E-state index contributed by atoms with van der Waals surface area (Å²) in [6.07, 6.45) is 2.06. The number of benzene rings is 1. The van der Waals surface area contributed by atoms with Gasteiger partial charge in [0.05, 0.1) is 11.5 Å². The number of hydrogen-bond donors (Lipinski definition) is 0. The van der Waals surface area contributed by atoms with Crippen molar-refractivity contribution in [3.05, 3.63) is 41.6 Å². The number of ether oxygens (including phenoxy) is 1. The molecular weight excluding hydrogens is 366 g/mol. The molecule has 1 aromatic carbocycles. The summed E-state index contributed by atoms with van der Waals surface area (Å²) in [4.78, 5) is 26.3. The Labute approximate surface area is 160 Å². The van der Waals surface area contributed by atoms with Gasteiger partial charge in [0, 0.05) is 36.3 Å². The predicted octanol–water partition coefficient (Wildman–Crippen LogP) is 2.23. The number of ketones is 1. The molecule has 0 radical (unpaired) electrons. The van der Waals surface area contributed by atoms with E-state index in [0.29, 0.717) is 6.42 Å². The number of likely N-dealkylation sites (N-methyl/N-ethyl adjacent to an activating group) is 1. The van der Waals surface area contributed by atoms with Gasteiger partial charge >= 0.3 is 5.97 Å². The van der Waals surface area contributed by atoms with Gasteiger partial charge in [0.15, 0.2) is 22.2 Å². The predicted molar refractivity (Wildman–Crippen MR) is 103 cm³/mol. The first-order valence-electron chi connectivity index (χ1n) is 9.04. The maximum absolute atomic E-state index is 12.4. The zero-order valence-electron chi connectivity index (χ0n) is 15.9. The highest BCUT2D eigenvalue weighted by Crippen LogP contribution is 2.46. The fraction of sp³-hybridized carbons (Fsp3) is 0.500. The number of nitrogens with zero attached hydrogens (tertiary/aromatic N) is 1. The first-order chi connectivity index (χ1) is 12.6. The molecule has 0 N–H and O–H groups in total. The van der Waals surface area contributed by atoms with E-state index in [1.54, 1.807) is 0 Å². The van der Waals surface area contributed by atoms with Crippen LogP contribution in [0.3, 0.4) is 0 Å². The van der Waals surface area contributed by atoms with Crippen LogP contribution in [0.2, 0.25) is 0 Å². The lowest BCUT2D eigenvalue weighted by Crippen LogP contribution is -2.25. The lowest BCUT2D eigenvalue weighted by Gasteiger charge is -2.23. The van der Waals surface area contributed by atoms with Gasteiger partial charge in [0.25, 0.3) is 0 Å². The van der Waals surface area contributed by atoms with Crippen LogP contribution in [-0.2, 0) is 29.6 Å². The molecule has 2 heterocycles. The molecule has 0 aromatic heterocycles. The third-order valence-corrected chi connectivity index (χ3v) is 7.23. The second kappa shape index (κ2) is 7.11. The molecule has 6 nitrogen and oxygen atoms in total. The number of para-hydroxylation sites is 1. The van der Waals surface area contributed by atoms with Crippen molar-refractivity contribution in [2.45, 2.75) is 32.1 Å². The zero-order chi connectivity index (χ0) is 19.8. The van der Waals surface area contributed by atoms with Crippen molar-refractivity contribution in [2.24, 2.45) is 5.92 Å². The van der Waals surface area contributed by atoms with Crippen molar-refractivity contribution in [1.82, 2.24) is 0 Å². The minimum absolute atomic E-state index is 0.0251. The topological polar surface area (TPSA) is 80.8 Å². The molecule has 0 saturated carbocycles. The number of fused-ring (bicyclic) bond motifs is 1. The largest absolute Gasteiger partial charge is 0.457 e. The summed E-state index contributed by atoms with van der Waals surface area (Å²) in [7, 11) is -1.11. The molecule has 0 bridgehead atoms. The quantitative estimate of drug-likeness (QED) is 0.566. The maximum atomic E-state index is 12.4. The molecule has 1 saturated heterocycles. The number of sulfone groups is 1. The molecule has 27 heavy (non-hydrogen) atoms. The summed E-state index contributed by atoms with van der Waals surface area (Å²) in [5, 5.41) is 0. The summed E-state index contributed by atoms with van der Waals surface area (Å²) < 4.78 is 28.0. The standard InChI is InChI=1S/C20H25NO5S/c1-20(2)16-6-4-5-7-17(16)21(3)18(20)11-15(22)12-26-19(23)10-14-8-9-27(24,25)13-14/h4-7,11,14H,8-10,12-13H2,1-3H3/b18-11-. The van der Waals surface area contributed by atoms with E-state index in [-0.39, 0.29) is 41.6 Å². The van der Waals surface area contributed by atoms with Crippen LogP contribution in [0.1, 0.15) is 32.3 Å². The normalized spacial score (nSPS) is 24.0. The smallest absolute Gasteiger partial charge is 0.306 e. The summed E-state index contributed by atoms with van der Waals surface area (Å²) in [6.45, 7) is 3.78. The van der Waals surface area contributed by atoms with Gasteiger partial charge in [-0.05, 0) is 24.0 Å². The third-order valence-electron chi connectivity index (χ3n) is 5.40. The van der Waals surface area contributed by atoms with E-state index < -0.39 is 15.8 Å². The Morgan fingerprint density at radius 3 is 2.63 bits per heavy atom. The van der Waals surface area contributed by atoms with E-state index in [9.17, 15) is 18.0 Å². The Kier molecular flexibility index (Phi) is 5.16. The van der Waals surface area contributed by atoms with Gasteiger partial charge in [0.2, 0.25) is 0 Å². The lowest BCUT2D eigenvalue weighted by atomic mass is 9.83. The van der Waals surface area contributed by atoms with Crippen LogP contribution in [0.4, 0.5) is 5.69 Å². The molecule has 7 heteroatoms. The first kappa shape index (κ1) is 19.6. The van der Waals surface area contributed by atoms with Crippen molar-refractivity contribution < 1.29 is 22.7 Å². The van der Waals surface area contributed by atoms with Crippen molar-refractivity contribution in [2.75, 3.05) is 30.1 Å². The zero-order valence-corrected chi connectivity index (χ0v) is 16.7. The highest BCUT2D eigenvalue weighted by Gasteiger charge is 2.38. The highest BCUT2D eigenvalue weighted by molar-refractivity contribution is 7.91. The number of allylic oxidation sites excluding steroid dienone is 1. The second-order valence-corrected chi connectivity index (χ2v) is 10.1. The van der Waals surface area contributed by atoms with Crippen molar-refractivity contribution in [1.29, 1.82) is 0 Å². The van der Waals surface area contributed by atoms with Crippen LogP contribution in [-0.4, -0.2) is 45.3 Å². The molecule has 0 amide bonds. The van der Waals surface area contributed by atoms with Gasteiger partial charge < -0.3 is 9.64 Å². The van der Waals surface area contributed by atoms with E-state index >= 15 is 0 Å². The van der Waals surface area contributed by atoms with Crippen molar-refractivity contribution in [3.63, 3.8) is 0 Å². The Hall–Kier alpha value is -2.15. The van der Waals surface area contributed by atoms with Gasteiger partial charge in [-0.15, -0.1) is 0 Å². The molecule has 1 atom stereocenters. The second-order valence-electron chi connectivity index (χ2n) is 7.83. The monoisotopic (exact) mass is 391 g/mol. The molecule has 1 unspecified atom stereocenters. The fourth-order valence-electron chi connectivity index (χ4n) is 3.93. The molecule has 2 aliphatic heterocycles. The van der Waals surface area contributed by atoms with E-state index in [1.807, 2.05) is 36.2 Å².